The van der Waals surface area contributed by atoms with Crippen molar-refractivity contribution in [1.82, 2.24) is 0 Å². The van der Waals surface area contributed by atoms with Crippen LogP contribution in [0, 0.1) is 27.7 Å². The van der Waals surface area contributed by atoms with Gasteiger partial charge in [0.05, 0.1) is 0 Å². The van der Waals surface area contributed by atoms with Crippen molar-refractivity contribution >= 4 is 11.4 Å². The van der Waals surface area contributed by atoms with Crippen LogP contribution in [0.25, 0.3) is 0 Å². The molecule has 0 spiro atoms. The van der Waals surface area contributed by atoms with Gasteiger partial charge in [-0.05, 0) is 102 Å². The predicted molar refractivity (Wildman–Crippen MR) is 228 cm³/mol. The summed E-state index contributed by atoms with van der Waals surface area (Å²) in [6.07, 6.45) is 6.23. The first-order chi connectivity index (χ1) is 25.9. The molecule has 0 atom stereocenters. The van der Waals surface area contributed by atoms with Crippen LogP contribution in [0.2, 0.25) is 0 Å². The highest BCUT2D eigenvalue weighted by Gasteiger charge is 2.23. The quantitative estimate of drug-likeness (QED) is 0.0875. The summed E-state index contributed by atoms with van der Waals surface area (Å²) in [5.41, 5.74) is 16.4. The minimum absolute atomic E-state index is 0.348. The lowest BCUT2D eigenvalue weighted by Gasteiger charge is -2.31. The third-order valence-electron chi connectivity index (χ3n) is 10.8. The van der Waals surface area contributed by atoms with Crippen molar-refractivity contribution < 1.29 is 0 Å². The van der Waals surface area contributed by atoms with E-state index in [1.807, 2.05) is 0 Å². The van der Waals surface area contributed by atoms with E-state index >= 15 is 0 Å². The minimum atomic E-state index is 0.348. The van der Waals surface area contributed by atoms with Crippen molar-refractivity contribution in [2.75, 3.05) is 9.80 Å². The summed E-state index contributed by atoms with van der Waals surface area (Å²) in [7, 11) is 0. The van der Waals surface area contributed by atoms with Gasteiger partial charge in [0.25, 0.3) is 0 Å². The molecule has 272 valence electrons. The molecular formula is C51H58N2. The van der Waals surface area contributed by atoms with E-state index in [1.54, 1.807) is 0 Å². The Balaban J connectivity index is 1.37. The first kappa shape index (κ1) is 37.7. The molecule has 0 heterocycles. The Labute approximate surface area is 320 Å². The van der Waals surface area contributed by atoms with Crippen LogP contribution in [0.1, 0.15) is 101 Å². The van der Waals surface area contributed by atoms with Gasteiger partial charge in [0.2, 0.25) is 0 Å². The summed E-state index contributed by atoms with van der Waals surface area (Å²) in [5.74, 6) is 0.348. The highest BCUT2D eigenvalue weighted by atomic mass is 15.1. The molecule has 0 amide bonds. The lowest BCUT2D eigenvalue weighted by molar-refractivity contribution is 0.593. The van der Waals surface area contributed by atoms with Crippen molar-refractivity contribution in [3.63, 3.8) is 0 Å². The maximum atomic E-state index is 2.56. The van der Waals surface area contributed by atoms with Crippen molar-refractivity contribution in [2.45, 2.75) is 98.8 Å². The number of hydrogen-bond acceptors (Lipinski definition) is 2. The zero-order valence-corrected chi connectivity index (χ0v) is 32.7. The third-order valence-corrected chi connectivity index (χ3v) is 10.8. The van der Waals surface area contributed by atoms with E-state index in [9.17, 15) is 0 Å². The Bertz CT molecular complexity index is 1780. The maximum absolute atomic E-state index is 2.56. The molecule has 0 N–H and O–H groups in total. The molecule has 2 heteroatoms. The second kappa shape index (κ2) is 18.6. The van der Waals surface area contributed by atoms with Gasteiger partial charge in [0, 0.05) is 43.5 Å². The molecule has 6 aromatic carbocycles. The Morgan fingerprint density at radius 1 is 0.396 bits per heavy atom. The number of unbranched alkanes of at least 4 members (excludes halogenated alkanes) is 3. The highest BCUT2D eigenvalue weighted by molar-refractivity contribution is 5.62. The first-order valence-electron chi connectivity index (χ1n) is 19.8. The molecule has 2 nitrogen and oxygen atoms in total. The molecule has 0 aromatic heterocycles. The zero-order valence-electron chi connectivity index (χ0n) is 32.7. The molecule has 0 saturated heterocycles. The van der Waals surface area contributed by atoms with Crippen LogP contribution in [0.15, 0.2) is 146 Å². The third kappa shape index (κ3) is 10.1. The first-order valence-corrected chi connectivity index (χ1v) is 19.8. The SMILES string of the molecule is CCCCCCC(c1cc(C)c(N(Cc2ccccc2)Cc2ccccc2)cc1C)c1cc(C)c(N(Cc2ccccc2)Cc2ccccc2)cc1C. The lowest BCUT2D eigenvalue weighted by Crippen LogP contribution is -2.24. The number of anilines is 2. The smallest absolute Gasteiger partial charge is 0.0433 e. The van der Waals surface area contributed by atoms with Crippen LogP contribution in [0.5, 0.6) is 0 Å². The lowest BCUT2D eigenvalue weighted by atomic mass is 9.81. The van der Waals surface area contributed by atoms with E-state index in [4.69, 9.17) is 0 Å². The summed E-state index contributed by atoms with van der Waals surface area (Å²) in [4.78, 5) is 5.12. The summed E-state index contributed by atoms with van der Waals surface area (Å²) >= 11 is 0. The standard InChI is InChI=1S/C51H58N2/c1-6-7-8-21-30-47(48-31-41(4)50(33-39(48)2)52(35-43-22-13-9-14-23-43)36-44-24-15-10-16-25-44)49-32-42(5)51(34-40(49)3)53(37-45-26-17-11-18-27-45)38-46-28-19-12-20-29-46/h9-20,22-29,31-34,47H,6-8,21,30,35-38H2,1-5H3. The van der Waals surface area contributed by atoms with E-state index in [0.29, 0.717) is 5.92 Å². The second-order valence-electron chi connectivity index (χ2n) is 15.0. The molecule has 0 bridgehead atoms. The van der Waals surface area contributed by atoms with Crippen molar-refractivity contribution in [2.24, 2.45) is 0 Å². The molecular weight excluding hydrogens is 641 g/mol. The van der Waals surface area contributed by atoms with E-state index < -0.39 is 0 Å². The van der Waals surface area contributed by atoms with E-state index in [2.05, 4.69) is 190 Å². The molecule has 0 saturated carbocycles. The fourth-order valence-corrected chi connectivity index (χ4v) is 8.00. The van der Waals surface area contributed by atoms with Gasteiger partial charge in [-0.15, -0.1) is 0 Å². The van der Waals surface area contributed by atoms with Crippen LogP contribution >= 0.6 is 0 Å². The van der Waals surface area contributed by atoms with Gasteiger partial charge in [-0.1, -0.05) is 166 Å². The number of rotatable bonds is 17. The van der Waals surface area contributed by atoms with Gasteiger partial charge in [-0.3, -0.25) is 0 Å². The fraction of sp³-hybridized carbons (Fsp3) is 0.294. The van der Waals surface area contributed by atoms with Gasteiger partial charge in [0.15, 0.2) is 0 Å². The Morgan fingerprint density at radius 2 is 0.736 bits per heavy atom. The van der Waals surface area contributed by atoms with Gasteiger partial charge < -0.3 is 9.80 Å². The minimum Gasteiger partial charge on any atom is -0.363 e. The molecule has 6 aromatic rings. The Morgan fingerprint density at radius 3 is 1.06 bits per heavy atom. The summed E-state index contributed by atoms with van der Waals surface area (Å²) < 4.78 is 0. The van der Waals surface area contributed by atoms with Gasteiger partial charge >= 0.3 is 0 Å². The topological polar surface area (TPSA) is 6.48 Å². The Hall–Kier alpha value is -5.08. The predicted octanol–water partition coefficient (Wildman–Crippen LogP) is 13.4. The fourth-order valence-electron chi connectivity index (χ4n) is 8.00. The van der Waals surface area contributed by atoms with E-state index in [1.165, 1.54) is 92.7 Å². The van der Waals surface area contributed by atoms with Crippen LogP contribution in [-0.4, -0.2) is 0 Å². The maximum Gasteiger partial charge on any atom is 0.0433 e. The largest absolute Gasteiger partial charge is 0.363 e. The monoisotopic (exact) mass is 698 g/mol. The van der Waals surface area contributed by atoms with Crippen LogP contribution in [0.4, 0.5) is 11.4 Å². The number of aryl methyl sites for hydroxylation is 4. The molecule has 0 aliphatic heterocycles. The number of nitrogens with zero attached hydrogens (tertiary/aromatic N) is 2. The van der Waals surface area contributed by atoms with Gasteiger partial charge in [-0.25, -0.2) is 0 Å². The van der Waals surface area contributed by atoms with Gasteiger partial charge in [0.1, 0.15) is 0 Å². The molecule has 0 radical (unpaired) electrons. The molecule has 0 unspecified atom stereocenters. The Kier molecular flexibility index (Phi) is 13.2. The van der Waals surface area contributed by atoms with Crippen LogP contribution < -0.4 is 9.80 Å². The van der Waals surface area contributed by atoms with E-state index in [0.717, 1.165) is 32.6 Å². The molecule has 53 heavy (non-hydrogen) atoms. The molecule has 0 aliphatic carbocycles. The van der Waals surface area contributed by atoms with Crippen LogP contribution in [-0.2, 0) is 26.2 Å². The van der Waals surface area contributed by atoms with Gasteiger partial charge in [-0.2, -0.15) is 0 Å². The summed E-state index contributed by atoms with van der Waals surface area (Å²) in [6, 6.07) is 53.6. The average molecular weight is 699 g/mol. The average Bonchev–Trinajstić information content (AvgIpc) is 3.18. The van der Waals surface area contributed by atoms with Crippen LogP contribution in [0.3, 0.4) is 0 Å². The summed E-state index contributed by atoms with van der Waals surface area (Å²) in [5, 5.41) is 0. The highest BCUT2D eigenvalue weighted by Crippen LogP contribution is 2.40. The number of benzene rings is 6. The molecule has 6 rings (SSSR count). The zero-order chi connectivity index (χ0) is 37.0. The summed E-state index contributed by atoms with van der Waals surface area (Å²) in [6.45, 7) is 15.1. The van der Waals surface area contributed by atoms with Crippen molar-refractivity contribution in [3.8, 4) is 0 Å². The molecule has 0 fully saturated rings. The van der Waals surface area contributed by atoms with Crippen molar-refractivity contribution in [3.05, 3.63) is 201 Å². The van der Waals surface area contributed by atoms with E-state index in [-0.39, 0.29) is 0 Å². The van der Waals surface area contributed by atoms with Crippen molar-refractivity contribution in [1.29, 1.82) is 0 Å². The molecule has 0 aliphatic rings. The normalized spacial score (nSPS) is 11.2. The second-order valence-corrected chi connectivity index (χ2v) is 15.0. The number of hydrogen-bond donors (Lipinski definition) is 0.